The molecule has 0 radical (unpaired) electrons. The van der Waals surface area contributed by atoms with Crippen molar-refractivity contribution in [2.24, 2.45) is 5.73 Å². The van der Waals surface area contributed by atoms with Gasteiger partial charge in [0.25, 0.3) is 0 Å². The van der Waals surface area contributed by atoms with Gasteiger partial charge in [0, 0.05) is 19.1 Å². The van der Waals surface area contributed by atoms with Gasteiger partial charge < -0.3 is 10.5 Å². The Morgan fingerprint density at radius 1 is 1.69 bits per heavy atom. The van der Waals surface area contributed by atoms with Crippen LogP contribution in [-0.2, 0) is 22.5 Å². The second-order valence-electron chi connectivity index (χ2n) is 3.94. The first-order valence-corrected chi connectivity index (χ1v) is 5.50. The molecule has 1 aliphatic rings. The maximum Gasteiger partial charge on any atom is 0.223 e. The molecule has 1 unspecified atom stereocenters. The van der Waals surface area contributed by atoms with Crippen molar-refractivity contribution in [2.75, 3.05) is 13.2 Å². The normalized spacial score (nSPS) is 20.2. The lowest BCUT2D eigenvalue weighted by Crippen LogP contribution is -2.17. The Bertz CT molecular complexity index is 382. The molecule has 0 bridgehead atoms. The highest BCUT2D eigenvalue weighted by atomic mass is 16.5. The lowest BCUT2D eigenvalue weighted by atomic mass is 10.0. The van der Waals surface area contributed by atoms with Gasteiger partial charge in [-0.2, -0.15) is 0 Å². The van der Waals surface area contributed by atoms with Crippen LogP contribution in [0.2, 0.25) is 0 Å². The van der Waals surface area contributed by atoms with E-state index in [0.717, 1.165) is 25.3 Å². The Hall–Kier alpha value is -1.43. The molecule has 6 heteroatoms. The first kappa shape index (κ1) is 11.1. The molecule has 2 heterocycles. The number of ether oxygens (including phenoxy) is 1. The predicted molar refractivity (Wildman–Crippen MR) is 56.8 cm³/mol. The third-order valence-corrected chi connectivity index (χ3v) is 2.80. The number of carbonyl (C=O) groups excluding carboxylic acids is 1. The van der Waals surface area contributed by atoms with Gasteiger partial charge in [-0.25, -0.2) is 4.68 Å². The number of aryl methyl sites for hydroxylation is 1. The minimum absolute atomic E-state index is 0.159. The topological polar surface area (TPSA) is 83.0 Å². The van der Waals surface area contributed by atoms with Gasteiger partial charge in [0.2, 0.25) is 5.91 Å². The number of rotatable bonds is 4. The summed E-state index contributed by atoms with van der Waals surface area (Å²) >= 11 is 0. The fourth-order valence-corrected chi connectivity index (χ4v) is 2.08. The Balaban J connectivity index is 2.29. The molecule has 2 rings (SSSR count). The Morgan fingerprint density at radius 3 is 3.06 bits per heavy atom. The molecule has 6 nitrogen and oxygen atoms in total. The van der Waals surface area contributed by atoms with E-state index < -0.39 is 0 Å². The lowest BCUT2D eigenvalue weighted by molar-refractivity contribution is -0.117. The molecule has 1 aromatic rings. The van der Waals surface area contributed by atoms with E-state index in [4.69, 9.17) is 10.5 Å². The van der Waals surface area contributed by atoms with E-state index >= 15 is 0 Å². The number of hydrogen-bond donors (Lipinski definition) is 1. The number of primary amides is 1. The molecule has 0 spiro atoms. The van der Waals surface area contributed by atoms with Crippen LogP contribution in [0.1, 0.15) is 30.7 Å². The zero-order valence-electron chi connectivity index (χ0n) is 9.35. The SMILES string of the molecule is CCn1nnc(CC(N)=O)c1C1CCOC1. The minimum atomic E-state index is -0.372. The summed E-state index contributed by atoms with van der Waals surface area (Å²) in [6.07, 6.45) is 1.12. The standard InChI is InChI=1S/C10H16N4O2/c1-2-14-10(7-3-4-16-6-7)8(12-13-14)5-9(11)15/h7H,2-6H2,1H3,(H2,11,15). The lowest BCUT2D eigenvalue weighted by Gasteiger charge is -2.10. The van der Waals surface area contributed by atoms with Crippen molar-refractivity contribution in [1.82, 2.24) is 15.0 Å². The maximum atomic E-state index is 10.9. The Kier molecular flexibility index (Phi) is 3.19. The summed E-state index contributed by atoms with van der Waals surface area (Å²) in [5.74, 6) is -0.0763. The molecule has 1 atom stereocenters. The van der Waals surface area contributed by atoms with Gasteiger partial charge in [0.05, 0.1) is 24.4 Å². The predicted octanol–water partition coefficient (Wildman–Crippen LogP) is -0.170. The Morgan fingerprint density at radius 2 is 2.50 bits per heavy atom. The van der Waals surface area contributed by atoms with E-state index in [1.54, 1.807) is 0 Å². The smallest absolute Gasteiger partial charge is 0.223 e. The first-order chi connectivity index (χ1) is 7.72. The van der Waals surface area contributed by atoms with Gasteiger partial charge >= 0.3 is 0 Å². The third kappa shape index (κ3) is 2.06. The van der Waals surface area contributed by atoms with Crippen molar-refractivity contribution in [3.05, 3.63) is 11.4 Å². The van der Waals surface area contributed by atoms with E-state index in [9.17, 15) is 4.79 Å². The molecule has 0 aromatic carbocycles. The van der Waals surface area contributed by atoms with E-state index in [1.165, 1.54) is 0 Å². The number of nitrogens with two attached hydrogens (primary N) is 1. The van der Waals surface area contributed by atoms with Crippen molar-refractivity contribution in [1.29, 1.82) is 0 Å². The summed E-state index contributed by atoms with van der Waals surface area (Å²) in [6, 6.07) is 0. The van der Waals surface area contributed by atoms with Crippen LogP contribution in [0.25, 0.3) is 0 Å². The van der Waals surface area contributed by atoms with Crippen molar-refractivity contribution < 1.29 is 9.53 Å². The van der Waals surface area contributed by atoms with Crippen molar-refractivity contribution in [2.45, 2.75) is 32.2 Å². The molecular weight excluding hydrogens is 208 g/mol. The monoisotopic (exact) mass is 224 g/mol. The fraction of sp³-hybridized carbons (Fsp3) is 0.700. The number of amides is 1. The Labute approximate surface area is 93.8 Å². The minimum Gasteiger partial charge on any atom is -0.381 e. The summed E-state index contributed by atoms with van der Waals surface area (Å²) in [5, 5.41) is 8.06. The highest BCUT2D eigenvalue weighted by Crippen LogP contribution is 2.27. The summed E-state index contributed by atoms with van der Waals surface area (Å²) in [7, 11) is 0. The van der Waals surface area contributed by atoms with Gasteiger partial charge in [-0.05, 0) is 13.3 Å². The van der Waals surface area contributed by atoms with Crippen LogP contribution in [0.4, 0.5) is 0 Å². The van der Waals surface area contributed by atoms with Crippen LogP contribution in [0.15, 0.2) is 0 Å². The van der Waals surface area contributed by atoms with Crippen LogP contribution < -0.4 is 5.73 Å². The van der Waals surface area contributed by atoms with Crippen molar-refractivity contribution in [3.63, 3.8) is 0 Å². The number of aromatic nitrogens is 3. The van der Waals surface area contributed by atoms with Gasteiger partial charge in [-0.1, -0.05) is 5.21 Å². The van der Waals surface area contributed by atoms with Gasteiger partial charge in [0.1, 0.15) is 0 Å². The third-order valence-electron chi connectivity index (χ3n) is 2.80. The first-order valence-electron chi connectivity index (χ1n) is 5.50. The van der Waals surface area contributed by atoms with Gasteiger partial charge in [-0.3, -0.25) is 4.79 Å². The molecular formula is C10H16N4O2. The van der Waals surface area contributed by atoms with Crippen molar-refractivity contribution in [3.8, 4) is 0 Å². The summed E-state index contributed by atoms with van der Waals surface area (Å²) in [4.78, 5) is 10.9. The molecule has 88 valence electrons. The molecule has 16 heavy (non-hydrogen) atoms. The number of nitrogens with zero attached hydrogens (tertiary/aromatic N) is 3. The molecule has 0 saturated carbocycles. The molecule has 1 fully saturated rings. The molecule has 1 saturated heterocycles. The van der Waals surface area contributed by atoms with Crippen LogP contribution >= 0.6 is 0 Å². The van der Waals surface area contributed by atoms with Crippen LogP contribution in [-0.4, -0.2) is 34.1 Å². The van der Waals surface area contributed by atoms with Crippen molar-refractivity contribution >= 4 is 5.91 Å². The van der Waals surface area contributed by atoms with E-state index in [0.29, 0.717) is 18.2 Å². The van der Waals surface area contributed by atoms with E-state index in [1.807, 2.05) is 11.6 Å². The molecule has 0 aliphatic carbocycles. The van der Waals surface area contributed by atoms with Gasteiger partial charge in [0.15, 0.2) is 0 Å². The summed E-state index contributed by atoms with van der Waals surface area (Å²) in [6.45, 7) is 4.19. The molecule has 2 N–H and O–H groups in total. The highest BCUT2D eigenvalue weighted by molar-refractivity contribution is 5.76. The molecule has 1 aliphatic heterocycles. The fourth-order valence-electron chi connectivity index (χ4n) is 2.08. The molecule has 1 amide bonds. The van der Waals surface area contributed by atoms with E-state index in [2.05, 4.69) is 10.3 Å². The van der Waals surface area contributed by atoms with Crippen LogP contribution in [0, 0.1) is 0 Å². The zero-order valence-corrected chi connectivity index (χ0v) is 9.35. The average molecular weight is 224 g/mol. The maximum absolute atomic E-state index is 10.9. The largest absolute Gasteiger partial charge is 0.381 e. The number of carbonyl (C=O) groups is 1. The van der Waals surface area contributed by atoms with Crippen LogP contribution in [0.3, 0.4) is 0 Å². The quantitative estimate of drug-likeness (QED) is 0.769. The second-order valence-corrected chi connectivity index (χ2v) is 3.94. The second kappa shape index (κ2) is 4.61. The molecule has 1 aromatic heterocycles. The zero-order chi connectivity index (χ0) is 11.5. The average Bonchev–Trinajstić information content (AvgIpc) is 2.84. The van der Waals surface area contributed by atoms with Crippen LogP contribution in [0.5, 0.6) is 0 Å². The number of hydrogen-bond acceptors (Lipinski definition) is 4. The summed E-state index contributed by atoms with van der Waals surface area (Å²) < 4.78 is 7.19. The highest BCUT2D eigenvalue weighted by Gasteiger charge is 2.26. The van der Waals surface area contributed by atoms with Gasteiger partial charge in [-0.15, -0.1) is 5.10 Å². The van der Waals surface area contributed by atoms with E-state index in [-0.39, 0.29) is 12.3 Å². The summed E-state index contributed by atoms with van der Waals surface area (Å²) in [5.41, 5.74) is 6.91.